The highest BCUT2D eigenvalue weighted by molar-refractivity contribution is 6.31. The minimum absolute atomic E-state index is 0.111. The molecule has 0 heterocycles. The van der Waals surface area contributed by atoms with E-state index in [0.717, 1.165) is 0 Å². The number of benzene rings is 1. The molecule has 1 aromatic rings. The fraction of sp³-hybridized carbons (Fsp3) is 0.231. The Morgan fingerprint density at radius 3 is 2.85 bits per heavy atom. The van der Waals surface area contributed by atoms with Gasteiger partial charge in [0.05, 0.1) is 17.1 Å². The zero-order valence-corrected chi connectivity index (χ0v) is 11.6. The van der Waals surface area contributed by atoms with Gasteiger partial charge in [0.15, 0.2) is 0 Å². The van der Waals surface area contributed by atoms with Crippen molar-refractivity contribution in [2.45, 2.75) is 5.91 Å². The molecule has 0 aliphatic rings. The summed E-state index contributed by atoms with van der Waals surface area (Å²) in [5.41, 5.74) is 7.11. The summed E-state index contributed by atoms with van der Waals surface area (Å²) in [6, 6.07) is 6.70. The van der Waals surface area contributed by atoms with E-state index in [1.165, 1.54) is 12.3 Å². The monoisotopic (exact) mass is 294 g/mol. The lowest BCUT2D eigenvalue weighted by Gasteiger charge is -2.14. The van der Waals surface area contributed by atoms with Crippen LogP contribution in [0.5, 0.6) is 0 Å². The SMILES string of the molecule is CNCC(O)(O)/N=C/C=C(\N)c1ccc(C#N)c(Cl)c1. The van der Waals surface area contributed by atoms with Gasteiger partial charge in [-0.2, -0.15) is 5.26 Å². The van der Waals surface area contributed by atoms with E-state index < -0.39 is 5.91 Å². The first-order valence-corrected chi connectivity index (χ1v) is 6.08. The molecule has 6 nitrogen and oxygen atoms in total. The highest BCUT2D eigenvalue weighted by Crippen LogP contribution is 2.19. The molecule has 0 atom stereocenters. The molecule has 0 unspecified atom stereocenters. The first kappa shape index (κ1) is 16.1. The van der Waals surface area contributed by atoms with Crippen LogP contribution in [0.4, 0.5) is 0 Å². The Kier molecular flexibility index (Phi) is 5.67. The quantitative estimate of drug-likeness (QED) is 0.465. The van der Waals surface area contributed by atoms with Gasteiger partial charge in [0.1, 0.15) is 6.07 Å². The summed E-state index contributed by atoms with van der Waals surface area (Å²) in [7, 11) is 1.57. The largest absolute Gasteiger partial charge is 0.398 e. The molecule has 0 saturated carbocycles. The molecule has 0 fully saturated rings. The molecule has 5 N–H and O–H groups in total. The van der Waals surface area contributed by atoms with Crippen LogP contribution < -0.4 is 11.1 Å². The van der Waals surface area contributed by atoms with E-state index in [-0.39, 0.29) is 6.54 Å². The first-order valence-electron chi connectivity index (χ1n) is 5.70. The van der Waals surface area contributed by atoms with Gasteiger partial charge in [-0.15, -0.1) is 0 Å². The van der Waals surface area contributed by atoms with Crippen LogP contribution in [0.3, 0.4) is 0 Å². The van der Waals surface area contributed by atoms with Crippen LogP contribution in [0.1, 0.15) is 11.1 Å². The Morgan fingerprint density at radius 2 is 2.30 bits per heavy atom. The van der Waals surface area contributed by atoms with Gasteiger partial charge in [-0.25, -0.2) is 4.99 Å². The minimum atomic E-state index is -2.19. The number of rotatable bonds is 5. The molecule has 20 heavy (non-hydrogen) atoms. The predicted octanol–water partition coefficient (Wildman–Crippen LogP) is 0.440. The summed E-state index contributed by atoms with van der Waals surface area (Å²) in [5, 5.41) is 30.4. The highest BCUT2D eigenvalue weighted by atomic mass is 35.5. The second-order valence-corrected chi connectivity index (χ2v) is 4.42. The van der Waals surface area contributed by atoms with Crippen LogP contribution in [0.25, 0.3) is 5.70 Å². The average Bonchev–Trinajstić information content (AvgIpc) is 2.38. The summed E-state index contributed by atoms with van der Waals surface area (Å²) in [6.07, 6.45) is 2.60. The topological polar surface area (TPSA) is 115 Å². The normalized spacial score (nSPS) is 12.7. The van der Waals surface area contributed by atoms with E-state index in [0.29, 0.717) is 21.8 Å². The van der Waals surface area contributed by atoms with E-state index in [9.17, 15) is 10.2 Å². The molecule has 0 radical (unpaired) electrons. The molecular formula is C13H15ClN4O2. The fourth-order valence-corrected chi connectivity index (χ4v) is 1.62. The van der Waals surface area contributed by atoms with Gasteiger partial charge in [0.2, 0.25) is 0 Å². The molecule has 7 heteroatoms. The maximum atomic E-state index is 9.38. The van der Waals surface area contributed by atoms with Crippen molar-refractivity contribution < 1.29 is 10.2 Å². The molecule has 0 spiro atoms. The van der Waals surface area contributed by atoms with Crippen molar-refractivity contribution in [1.29, 1.82) is 5.26 Å². The summed E-state index contributed by atoms with van der Waals surface area (Å²) in [4.78, 5) is 3.55. The van der Waals surface area contributed by atoms with Crippen molar-refractivity contribution in [1.82, 2.24) is 5.32 Å². The Morgan fingerprint density at radius 1 is 1.60 bits per heavy atom. The molecule has 1 rings (SSSR count). The molecule has 0 aliphatic heterocycles. The van der Waals surface area contributed by atoms with Crippen LogP contribution in [-0.2, 0) is 0 Å². The minimum Gasteiger partial charge on any atom is -0.398 e. The Hall–Kier alpha value is -1.91. The van der Waals surface area contributed by atoms with E-state index in [2.05, 4.69) is 10.3 Å². The third-order valence-corrected chi connectivity index (χ3v) is 2.68. The van der Waals surface area contributed by atoms with Crippen molar-refractivity contribution >= 4 is 23.5 Å². The standard InChI is InChI=1S/C13H15ClN4O2/c1-17-8-13(19,20)18-5-4-12(16)9-2-3-10(7-15)11(14)6-9/h2-6,17,19-20H,8,16H2,1H3/b12-4-,18-5+. The van der Waals surface area contributed by atoms with Crippen LogP contribution in [0, 0.1) is 11.3 Å². The molecule has 0 aromatic heterocycles. The fourth-order valence-electron chi connectivity index (χ4n) is 1.40. The number of aliphatic hydroxyl groups is 2. The zero-order valence-electron chi connectivity index (χ0n) is 10.8. The van der Waals surface area contributed by atoms with Crippen LogP contribution in [-0.4, -0.2) is 35.9 Å². The van der Waals surface area contributed by atoms with Gasteiger partial charge >= 0.3 is 0 Å². The van der Waals surface area contributed by atoms with E-state index in [4.69, 9.17) is 22.6 Å². The van der Waals surface area contributed by atoms with Gasteiger partial charge in [0, 0.05) is 11.9 Å². The Bertz CT molecular complexity index is 576. The van der Waals surface area contributed by atoms with Gasteiger partial charge in [-0.1, -0.05) is 17.7 Å². The van der Waals surface area contributed by atoms with Crippen molar-refractivity contribution in [3.05, 3.63) is 40.4 Å². The van der Waals surface area contributed by atoms with E-state index >= 15 is 0 Å². The average molecular weight is 295 g/mol. The molecule has 0 aliphatic carbocycles. The lowest BCUT2D eigenvalue weighted by atomic mass is 10.1. The summed E-state index contributed by atoms with van der Waals surface area (Å²) >= 11 is 5.89. The Balaban J connectivity index is 2.87. The van der Waals surface area contributed by atoms with Gasteiger partial charge in [-0.3, -0.25) is 0 Å². The molecule has 0 bridgehead atoms. The van der Waals surface area contributed by atoms with E-state index in [1.807, 2.05) is 6.07 Å². The first-order chi connectivity index (χ1) is 9.39. The summed E-state index contributed by atoms with van der Waals surface area (Å²) in [5.74, 6) is -2.19. The van der Waals surface area contributed by atoms with Gasteiger partial charge < -0.3 is 21.3 Å². The second kappa shape index (κ2) is 7.03. The number of halogens is 1. The lowest BCUT2D eigenvalue weighted by molar-refractivity contribution is -0.147. The number of aliphatic imine (C=N–C) groups is 1. The number of nitrogens with zero attached hydrogens (tertiary/aromatic N) is 2. The number of nitriles is 1. The lowest BCUT2D eigenvalue weighted by Crippen LogP contribution is -2.37. The van der Waals surface area contributed by atoms with Gasteiger partial charge in [-0.05, 0) is 30.8 Å². The zero-order chi connectivity index (χ0) is 15.2. The molecule has 106 valence electrons. The third-order valence-electron chi connectivity index (χ3n) is 2.37. The molecule has 0 amide bonds. The number of hydrogen-bond donors (Lipinski definition) is 4. The smallest absolute Gasteiger partial charge is 0.277 e. The third kappa shape index (κ3) is 4.64. The predicted molar refractivity (Wildman–Crippen MR) is 77.9 cm³/mol. The van der Waals surface area contributed by atoms with E-state index in [1.54, 1.807) is 25.2 Å². The molecule has 1 aromatic carbocycles. The highest BCUT2D eigenvalue weighted by Gasteiger charge is 2.18. The van der Waals surface area contributed by atoms with Crippen LogP contribution in [0.2, 0.25) is 5.02 Å². The maximum absolute atomic E-state index is 9.38. The Labute approximate surface area is 121 Å². The number of allylic oxidation sites excluding steroid dienone is 1. The number of hydrogen-bond acceptors (Lipinski definition) is 6. The molecule has 0 saturated heterocycles. The number of nitrogens with one attached hydrogen (secondary N) is 1. The number of likely N-dealkylation sites (N-methyl/N-ethyl adjacent to an activating group) is 1. The number of nitrogens with two attached hydrogens (primary N) is 1. The summed E-state index contributed by atoms with van der Waals surface area (Å²) in [6.45, 7) is -0.111. The maximum Gasteiger partial charge on any atom is 0.277 e. The van der Waals surface area contributed by atoms with Crippen LogP contribution >= 0.6 is 11.6 Å². The van der Waals surface area contributed by atoms with Crippen molar-refractivity contribution in [3.63, 3.8) is 0 Å². The van der Waals surface area contributed by atoms with Crippen molar-refractivity contribution in [3.8, 4) is 6.07 Å². The molecular weight excluding hydrogens is 280 g/mol. The van der Waals surface area contributed by atoms with Crippen molar-refractivity contribution in [2.24, 2.45) is 10.7 Å². The summed E-state index contributed by atoms with van der Waals surface area (Å²) < 4.78 is 0. The second-order valence-electron chi connectivity index (χ2n) is 4.01. The van der Waals surface area contributed by atoms with Crippen LogP contribution in [0.15, 0.2) is 29.3 Å². The van der Waals surface area contributed by atoms with Crippen molar-refractivity contribution in [2.75, 3.05) is 13.6 Å². The van der Waals surface area contributed by atoms with Gasteiger partial charge in [0.25, 0.3) is 5.91 Å².